The zero-order valence-corrected chi connectivity index (χ0v) is 17.7. The van der Waals surface area contributed by atoms with Crippen molar-refractivity contribution >= 4 is 45.9 Å². The van der Waals surface area contributed by atoms with Crippen molar-refractivity contribution in [3.63, 3.8) is 0 Å². The Bertz CT molecular complexity index is 1280. The Morgan fingerprint density at radius 3 is 2.58 bits per heavy atom. The summed E-state index contributed by atoms with van der Waals surface area (Å²) in [5, 5.41) is 10.4. The summed E-state index contributed by atoms with van der Waals surface area (Å²) in [6.07, 6.45) is 0.342. The lowest BCUT2D eigenvalue weighted by Crippen LogP contribution is -2.14. The molecule has 4 aromatic rings. The number of anilines is 2. The van der Waals surface area contributed by atoms with Crippen LogP contribution in [0.5, 0.6) is 0 Å². The molecule has 0 aliphatic rings. The quantitative estimate of drug-likeness (QED) is 0.435. The number of carbonyl (C=O) groups is 2. The van der Waals surface area contributed by atoms with Gasteiger partial charge in [0.15, 0.2) is 0 Å². The molecule has 0 saturated carbocycles. The van der Waals surface area contributed by atoms with Gasteiger partial charge in [-0.25, -0.2) is 4.98 Å². The van der Waals surface area contributed by atoms with E-state index in [0.717, 1.165) is 5.56 Å². The summed E-state index contributed by atoms with van der Waals surface area (Å²) in [6.45, 7) is 3.51. The van der Waals surface area contributed by atoms with Gasteiger partial charge in [0, 0.05) is 17.7 Å². The molecule has 31 heavy (non-hydrogen) atoms. The summed E-state index contributed by atoms with van der Waals surface area (Å²) in [5.74, 6) is -0.528. The molecule has 2 heterocycles. The SMILES string of the molecule is CCC(=O)Nc1ccc(Cl)c(NC(=O)c2cc(-c3ccccc3)nc3onc(C)c23)c1. The molecule has 0 aliphatic carbocycles. The fraction of sp³-hybridized carbons (Fsp3) is 0.130. The van der Waals surface area contributed by atoms with Crippen LogP contribution in [0.25, 0.3) is 22.4 Å². The Morgan fingerprint density at radius 1 is 1.06 bits per heavy atom. The van der Waals surface area contributed by atoms with Gasteiger partial charge in [0.25, 0.3) is 11.6 Å². The minimum absolute atomic E-state index is 0.136. The van der Waals surface area contributed by atoms with E-state index in [1.165, 1.54) is 0 Å². The van der Waals surface area contributed by atoms with Crippen molar-refractivity contribution in [3.05, 3.63) is 70.9 Å². The first-order chi connectivity index (χ1) is 15.0. The van der Waals surface area contributed by atoms with Crippen LogP contribution in [-0.2, 0) is 4.79 Å². The van der Waals surface area contributed by atoms with Crippen molar-refractivity contribution in [1.29, 1.82) is 0 Å². The number of aromatic nitrogens is 2. The number of fused-ring (bicyclic) bond motifs is 1. The fourth-order valence-electron chi connectivity index (χ4n) is 3.17. The first kappa shape index (κ1) is 20.6. The molecule has 2 amide bonds. The zero-order valence-electron chi connectivity index (χ0n) is 16.9. The second-order valence-electron chi connectivity index (χ2n) is 6.92. The van der Waals surface area contributed by atoms with E-state index in [2.05, 4.69) is 20.8 Å². The van der Waals surface area contributed by atoms with Gasteiger partial charge in [0.2, 0.25) is 5.91 Å². The van der Waals surface area contributed by atoms with Crippen LogP contribution in [0.1, 0.15) is 29.4 Å². The van der Waals surface area contributed by atoms with Crippen molar-refractivity contribution in [2.24, 2.45) is 0 Å². The normalized spacial score (nSPS) is 10.8. The van der Waals surface area contributed by atoms with Crippen LogP contribution < -0.4 is 10.6 Å². The molecule has 8 heteroatoms. The topological polar surface area (TPSA) is 97.1 Å². The maximum atomic E-state index is 13.2. The average molecular weight is 435 g/mol. The number of nitrogens with zero attached hydrogens (tertiary/aromatic N) is 2. The van der Waals surface area contributed by atoms with Crippen LogP contribution in [0.4, 0.5) is 11.4 Å². The highest BCUT2D eigenvalue weighted by Crippen LogP contribution is 2.30. The van der Waals surface area contributed by atoms with Crippen LogP contribution >= 0.6 is 11.6 Å². The molecule has 2 N–H and O–H groups in total. The number of hydrogen-bond acceptors (Lipinski definition) is 5. The number of rotatable bonds is 5. The largest absolute Gasteiger partial charge is 0.335 e. The number of halogens is 1. The number of hydrogen-bond donors (Lipinski definition) is 2. The van der Waals surface area contributed by atoms with Gasteiger partial charge in [0.05, 0.1) is 33.0 Å². The third-order valence-electron chi connectivity index (χ3n) is 4.75. The number of pyridine rings is 1. The molecule has 0 atom stereocenters. The summed E-state index contributed by atoms with van der Waals surface area (Å²) in [6, 6.07) is 16.1. The highest BCUT2D eigenvalue weighted by Gasteiger charge is 2.20. The van der Waals surface area contributed by atoms with Crippen LogP contribution in [-0.4, -0.2) is 22.0 Å². The number of carbonyl (C=O) groups excluding carboxylic acids is 2. The van der Waals surface area contributed by atoms with Gasteiger partial charge in [-0.15, -0.1) is 0 Å². The first-order valence-electron chi connectivity index (χ1n) is 9.69. The molecule has 0 fully saturated rings. The van der Waals surface area contributed by atoms with E-state index in [4.69, 9.17) is 16.1 Å². The van der Waals surface area contributed by atoms with Gasteiger partial charge in [0.1, 0.15) is 0 Å². The monoisotopic (exact) mass is 434 g/mol. The summed E-state index contributed by atoms with van der Waals surface area (Å²) >= 11 is 6.28. The van der Waals surface area contributed by atoms with E-state index in [1.54, 1.807) is 38.1 Å². The number of amides is 2. The molecule has 0 radical (unpaired) electrons. The van der Waals surface area contributed by atoms with Crippen molar-refractivity contribution in [2.45, 2.75) is 20.3 Å². The highest BCUT2D eigenvalue weighted by molar-refractivity contribution is 6.34. The first-order valence-corrected chi connectivity index (χ1v) is 10.1. The number of nitrogens with one attached hydrogen (secondary N) is 2. The second-order valence-corrected chi connectivity index (χ2v) is 7.33. The predicted octanol–water partition coefficient (Wildman–Crippen LogP) is 5.45. The van der Waals surface area contributed by atoms with Crippen LogP contribution in [0, 0.1) is 6.92 Å². The van der Waals surface area contributed by atoms with E-state index in [-0.39, 0.29) is 11.6 Å². The Kier molecular flexibility index (Phi) is 5.68. The summed E-state index contributed by atoms with van der Waals surface area (Å²) < 4.78 is 5.34. The summed E-state index contributed by atoms with van der Waals surface area (Å²) in [7, 11) is 0. The smallest absolute Gasteiger partial charge is 0.259 e. The second kappa shape index (κ2) is 8.57. The lowest BCUT2D eigenvalue weighted by Gasteiger charge is -2.12. The molecular weight excluding hydrogens is 416 g/mol. The van der Waals surface area contributed by atoms with E-state index in [0.29, 0.717) is 45.2 Å². The Morgan fingerprint density at radius 2 is 1.84 bits per heavy atom. The standard InChI is InChI=1S/C23H19ClN4O3/c1-3-20(29)25-15-9-10-17(24)19(11-15)26-22(30)16-12-18(14-7-5-4-6-8-14)27-23-21(16)13(2)28-31-23/h4-12H,3H2,1-2H3,(H,25,29)(H,26,30). The van der Waals surface area contributed by atoms with Gasteiger partial charge >= 0.3 is 0 Å². The highest BCUT2D eigenvalue weighted by atomic mass is 35.5. The van der Waals surface area contributed by atoms with Gasteiger partial charge in [-0.05, 0) is 31.2 Å². The Hall–Kier alpha value is -3.71. The van der Waals surface area contributed by atoms with Crippen LogP contribution in [0.15, 0.2) is 59.1 Å². The predicted molar refractivity (Wildman–Crippen MR) is 120 cm³/mol. The third-order valence-corrected chi connectivity index (χ3v) is 5.08. The maximum absolute atomic E-state index is 13.2. The molecule has 156 valence electrons. The zero-order chi connectivity index (χ0) is 22.0. The van der Waals surface area contributed by atoms with Gasteiger partial charge in [-0.2, -0.15) is 0 Å². The van der Waals surface area contributed by atoms with Crippen molar-refractivity contribution in [1.82, 2.24) is 10.1 Å². The van der Waals surface area contributed by atoms with Gasteiger partial charge in [-0.1, -0.05) is 54.0 Å². The lowest BCUT2D eigenvalue weighted by molar-refractivity contribution is -0.115. The van der Waals surface area contributed by atoms with Gasteiger partial charge < -0.3 is 15.2 Å². The molecule has 2 aromatic carbocycles. The fourth-order valence-corrected chi connectivity index (χ4v) is 3.33. The molecule has 0 bridgehead atoms. The van der Waals surface area contributed by atoms with Crippen LogP contribution in [0.2, 0.25) is 5.02 Å². The maximum Gasteiger partial charge on any atom is 0.259 e. The minimum atomic E-state index is -0.392. The Balaban J connectivity index is 1.73. The lowest BCUT2D eigenvalue weighted by atomic mass is 10.0. The molecule has 0 aliphatic heterocycles. The summed E-state index contributed by atoms with van der Waals surface area (Å²) in [5.41, 5.74) is 3.54. The molecule has 2 aromatic heterocycles. The number of aryl methyl sites for hydroxylation is 1. The van der Waals surface area contributed by atoms with Crippen molar-refractivity contribution in [3.8, 4) is 11.3 Å². The van der Waals surface area contributed by atoms with E-state index < -0.39 is 5.91 Å². The molecular formula is C23H19ClN4O3. The van der Waals surface area contributed by atoms with Crippen molar-refractivity contribution in [2.75, 3.05) is 10.6 Å². The molecule has 4 rings (SSSR count). The molecule has 0 saturated heterocycles. The summed E-state index contributed by atoms with van der Waals surface area (Å²) in [4.78, 5) is 29.4. The molecule has 7 nitrogen and oxygen atoms in total. The number of benzene rings is 2. The Labute approximate surface area is 183 Å². The minimum Gasteiger partial charge on any atom is -0.335 e. The van der Waals surface area contributed by atoms with Crippen molar-refractivity contribution < 1.29 is 14.1 Å². The molecule has 0 spiro atoms. The van der Waals surface area contributed by atoms with E-state index in [9.17, 15) is 9.59 Å². The van der Waals surface area contributed by atoms with E-state index >= 15 is 0 Å². The van der Waals surface area contributed by atoms with Gasteiger partial charge in [-0.3, -0.25) is 9.59 Å². The average Bonchev–Trinajstić information content (AvgIpc) is 3.16. The molecule has 0 unspecified atom stereocenters. The third kappa shape index (κ3) is 4.27. The van der Waals surface area contributed by atoms with Crippen LogP contribution in [0.3, 0.4) is 0 Å². The van der Waals surface area contributed by atoms with E-state index in [1.807, 2.05) is 30.3 Å².